The van der Waals surface area contributed by atoms with Crippen molar-refractivity contribution >= 4 is 0 Å². The number of hydrogen-bond acceptors (Lipinski definition) is 1. The minimum Gasteiger partial charge on any atom is -0.314 e. The molecule has 0 aromatic carbocycles. The van der Waals surface area contributed by atoms with Gasteiger partial charge in [0.2, 0.25) is 0 Å². The molecule has 0 amide bonds. The minimum absolute atomic E-state index is 0.689. The van der Waals surface area contributed by atoms with Crippen molar-refractivity contribution < 1.29 is 0 Å². The smallest absolute Gasteiger partial charge is 0.0126 e. The first-order valence-corrected chi connectivity index (χ1v) is 8.88. The van der Waals surface area contributed by atoms with E-state index in [0.717, 1.165) is 36.3 Å². The highest BCUT2D eigenvalue weighted by Gasteiger charge is 2.53. The highest BCUT2D eigenvalue weighted by atomic mass is 14.9. The number of rotatable bonds is 6. The van der Waals surface area contributed by atoms with E-state index in [0.29, 0.717) is 5.41 Å². The lowest BCUT2D eigenvalue weighted by atomic mass is 9.47. The van der Waals surface area contributed by atoms with Gasteiger partial charge in [-0.2, -0.15) is 0 Å². The highest BCUT2D eigenvalue weighted by molar-refractivity contribution is 5.06. The van der Waals surface area contributed by atoms with Crippen LogP contribution in [0.3, 0.4) is 0 Å². The van der Waals surface area contributed by atoms with E-state index in [1.54, 1.807) is 38.5 Å². The molecule has 0 spiro atoms. The van der Waals surface area contributed by atoms with E-state index in [-0.39, 0.29) is 0 Å². The van der Waals surface area contributed by atoms with E-state index in [4.69, 9.17) is 0 Å². The van der Waals surface area contributed by atoms with Crippen LogP contribution in [0, 0.1) is 29.1 Å². The summed E-state index contributed by atoms with van der Waals surface area (Å²) in [7, 11) is 0. The normalized spacial score (nSPS) is 43.4. The average molecular weight is 263 g/mol. The molecule has 1 nitrogen and oxygen atoms in total. The third kappa shape index (κ3) is 2.60. The summed E-state index contributed by atoms with van der Waals surface area (Å²) in [6, 6.07) is 0.806. The topological polar surface area (TPSA) is 12.0 Å². The van der Waals surface area contributed by atoms with Crippen molar-refractivity contribution in [1.82, 2.24) is 5.32 Å². The van der Waals surface area contributed by atoms with E-state index in [1.165, 1.54) is 12.8 Å². The molecule has 19 heavy (non-hydrogen) atoms. The van der Waals surface area contributed by atoms with E-state index >= 15 is 0 Å². The van der Waals surface area contributed by atoms with Crippen LogP contribution in [0.1, 0.15) is 72.1 Å². The summed E-state index contributed by atoms with van der Waals surface area (Å²) in [6.07, 6.45) is 12.1. The lowest BCUT2D eigenvalue weighted by Gasteiger charge is -2.60. The minimum atomic E-state index is 0.689. The van der Waals surface area contributed by atoms with Crippen molar-refractivity contribution in [3.63, 3.8) is 0 Å². The highest BCUT2D eigenvalue weighted by Crippen LogP contribution is 2.61. The predicted molar refractivity (Wildman–Crippen MR) is 82.1 cm³/mol. The first kappa shape index (κ1) is 13.9. The fraction of sp³-hybridized carbons (Fsp3) is 1.00. The van der Waals surface area contributed by atoms with Crippen LogP contribution < -0.4 is 5.32 Å². The summed E-state index contributed by atoms with van der Waals surface area (Å²) < 4.78 is 0. The van der Waals surface area contributed by atoms with E-state index in [1.807, 2.05) is 0 Å². The molecule has 1 N–H and O–H groups in total. The first-order valence-electron chi connectivity index (χ1n) is 8.88. The molecule has 4 bridgehead atoms. The molecule has 4 fully saturated rings. The average Bonchev–Trinajstić information content (AvgIpc) is 2.36. The Morgan fingerprint density at radius 3 is 1.95 bits per heavy atom. The molecule has 0 aromatic heterocycles. The van der Waals surface area contributed by atoms with E-state index < -0.39 is 0 Å². The van der Waals surface area contributed by atoms with Gasteiger partial charge in [0.05, 0.1) is 0 Å². The van der Waals surface area contributed by atoms with E-state index in [9.17, 15) is 0 Å². The number of hydrogen-bond donors (Lipinski definition) is 1. The summed E-state index contributed by atoms with van der Waals surface area (Å²) in [5.41, 5.74) is 0.689. The Balaban J connectivity index is 1.76. The molecule has 0 aliphatic heterocycles. The second kappa shape index (κ2) is 5.39. The molecule has 1 heteroatoms. The van der Waals surface area contributed by atoms with Crippen LogP contribution in [0.15, 0.2) is 0 Å². The van der Waals surface area contributed by atoms with Gasteiger partial charge < -0.3 is 5.32 Å². The zero-order valence-electron chi connectivity index (χ0n) is 13.3. The molecular formula is C18H33N. The maximum atomic E-state index is 3.90. The van der Waals surface area contributed by atoms with Gasteiger partial charge in [-0.1, -0.05) is 27.2 Å². The van der Waals surface area contributed by atoms with Gasteiger partial charge in [-0.15, -0.1) is 0 Å². The summed E-state index contributed by atoms with van der Waals surface area (Å²) in [6.45, 7) is 8.26. The lowest BCUT2D eigenvalue weighted by molar-refractivity contribution is -0.0772. The molecule has 0 saturated heterocycles. The van der Waals surface area contributed by atoms with Crippen LogP contribution in [0.25, 0.3) is 0 Å². The summed E-state index contributed by atoms with van der Waals surface area (Å²) >= 11 is 0. The Hall–Kier alpha value is -0.0400. The van der Waals surface area contributed by atoms with Crippen molar-refractivity contribution in [2.75, 3.05) is 6.54 Å². The van der Waals surface area contributed by atoms with Gasteiger partial charge in [-0.3, -0.25) is 0 Å². The first-order chi connectivity index (χ1) is 9.15. The van der Waals surface area contributed by atoms with Gasteiger partial charge in [0, 0.05) is 6.04 Å². The number of nitrogens with one attached hydrogen (secondary N) is 1. The Labute approximate surface area is 119 Å². The molecule has 2 unspecified atom stereocenters. The molecule has 4 aliphatic carbocycles. The zero-order valence-corrected chi connectivity index (χ0v) is 13.3. The van der Waals surface area contributed by atoms with Crippen LogP contribution in [0.5, 0.6) is 0 Å². The Morgan fingerprint density at radius 1 is 1.00 bits per heavy atom. The molecule has 0 aromatic rings. The van der Waals surface area contributed by atoms with Gasteiger partial charge in [0.25, 0.3) is 0 Å². The molecular weight excluding hydrogens is 230 g/mol. The Kier molecular flexibility index (Phi) is 3.95. The van der Waals surface area contributed by atoms with Crippen LogP contribution in [-0.4, -0.2) is 12.6 Å². The third-order valence-corrected chi connectivity index (χ3v) is 6.61. The molecule has 4 saturated carbocycles. The standard InChI is InChI=1S/C18H33N/c1-4-13(3)6-17(19-5-2)18-10-14-7-15(11-18)9-16(8-14)12-18/h13-17,19H,4-12H2,1-3H3. The third-order valence-electron chi connectivity index (χ3n) is 6.61. The lowest BCUT2D eigenvalue weighted by Crippen LogP contribution is -2.56. The summed E-state index contributed by atoms with van der Waals surface area (Å²) in [4.78, 5) is 0. The maximum absolute atomic E-state index is 3.90. The molecule has 2 atom stereocenters. The monoisotopic (exact) mass is 263 g/mol. The molecule has 0 radical (unpaired) electrons. The quantitative estimate of drug-likeness (QED) is 0.737. The van der Waals surface area contributed by atoms with Gasteiger partial charge >= 0.3 is 0 Å². The van der Waals surface area contributed by atoms with Crippen molar-refractivity contribution in [1.29, 1.82) is 0 Å². The summed E-state index contributed by atoms with van der Waals surface area (Å²) in [5, 5.41) is 3.90. The van der Waals surface area contributed by atoms with Crippen molar-refractivity contribution in [3.8, 4) is 0 Å². The molecule has 4 rings (SSSR count). The molecule has 110 valence electrons. The van der Waals surface area contributed by atoms with Gasteiger partial charge in [0.1, 0.15) is 0 Å². The predicted octanol–water partition coefficient (Wildman–Crippen LogP) is 4.62. The van der Waals surface area contributed by atoms with Gasteiger partial charge in [-0.25, -0.2) is 0 Å². The van der Waals surface area contributed by atoms with Crippen molar-refractivity contribution in [3.05, 3.63) is 0 Å². The zero-order chi connectivity index (χ0) is 13.5. The van der Waals surface area contributed by atoms with Crippen LogP contribution in [0.4, 0.5) is 0 Å². The van der Waals surface area contributed by atoms with Gasteiger partial charge in [-0.05, 0) is 80.6 Å². The maximum Gasteiger partial charge on any atom is 0.0126 e. The Bertz CT molecular complexity index is 274. The Morgan fingerprint density at radius 2 is 1.53 bits per heavy atom. The largest absolute Gasteiger partial charge is 0.314 e. The molecule has 4 aliphatic rings. The second-order valence-corrected chi connectivity index (χ2v) is 8.14. The molecule has 0 heterocycles. The fourth-order valence-electron chi connectivity index (χ4n) is 5.97. The fourth-order valence-corrected chi connectivity index (χ4v) is 5.97. The van der Waals surface area contributed by atoms with Crippen LogP contribution >= 0.6 is 0 Å². The van der Waals surface area contributed by atoms with Crippen LogP contribution in [0.2, 0.25) is 0 Å². The van der Waals surface area contributed by atoms with Crippen molar-refractivity contribution in [2.24, 2.45) is 29.1 Å². The van der Waals surface area contributed by atoms with Crippen LogP contribution in [-0.2, 0) is 0 Å². The SMILES string of the molecule is CCNC(CC(C)CC)C12CC3CC(CC(C3)C1)C2. The van der Waals surface area contributed by atoms with Gasteiger partial charge in [0.15, 0.2) is 0 Å². The van der Waals surface area contributed by atoms with E-state index in [2.05, 4.69) is 26.1 Å². The van der Waals surface area contributed by atoms with Crippen molar-refractivity contribution in [2.45, 2.75) is 78.2 Å². The summed E-state index contributed by atoms with van der Waals surface area (Å²) in [5.74, 6) is 4.15. The second-order valence-electron chi connectivity index (χ2n) is 8.14.